The molecule has 1 aromatic heterocycles. The molecule has 8 nitrogen and oxygen atoms in total. The van der Waals surface area contributed by atoms with E-state index in [1.807, 2.05) is 31.2 Å². The van der Waals surface area contributed by atoms with Crippen LogP contribution in [0.15, 0.2) is 41.4 Å². The zero-order chi connectivity index (χ0) is 23.1. The van der Waals surface area contributed by atoms with Gasteiger partial charge in [0, 0.05) is 32.8 Å². The van der Waals surface area contributed by atoms with Gasteiger partial charge in [0.1, 0.15) is 17.2 Å². The van der Waals surface area contributed by atoms with Gasteiger partial charge >= 0.3 is 5.97 Å². The number of esters is 1. The molecule has 1 fully saturated rings. The number of rotatable bonds is 9. The van der Waals surface area contributed by atoms with Crippen molar-refractivity contribution in [1.82, 2.24) is 14.2 Å². The molecule has 2 aromatic rings. The van der Waals surface area contributed by atoms with Crippen molar-refractivity contribution in [3.63, 3.8) is 0 Å². The number of aryl methyl sites for hydroxylation is 3. The zero-order valence-corrected chi connectivity index (χ0v) is 19.5. The summed E-state index contributed by atoms with van der Waals surface area (Å²) in [4.78, 5) is 24.5. The predicted octanol–water partition coefficient (Wildman–Crippen LogP) is 2.41. The Morgan fingerprint density at radius 1 is 1.09 bits per heavy atom. The fraction of sp³-hybridized carbons (Fsp3) is 0.478. The van der Waals surface area contributed by atoms with Gasteiger partial charge in [-0.15, -0.1) is 0 Å². The molecule has 0 aliphatic carbocycles. The van der Waals surface area contributed by atoms with Crippen molar-refractivity contribution in [2.45, 2.75) is 43.9 Å². The minimum absolute atomic E-state index is 0.00843. The Bertz CT molecular complexity index is 1040. The molecule has 0 atom stereocenters. The first-order valence-corrected chi connectivity index (χ1v) is 12.4. The van der Waals surface area contributed by atoms with E-state index < -0.39 is 16.0 Å². The standard InChI is InChI=1S/C23H31N3O5S/c1-18-6-8-19(9-7-18)10-11-22(27)24-12-15-31-23(28)21-16-20(17-25(21)2)32(29,30)26-13-4-3-5-14-26/h6-9,16-17H,3-5,10-15H2,1-2H3,(H,24,27). The van der Waals surface area contributed by atoms with Gasteiger partial charge in [0.15, 0.2) is 0 Å². The molecule has 2 heterocycles. The highest BCUT2D eigenvalue weighted by molar-refractivity contribution is 7.89. The maximum atomic E-state index is 12.8. The number of ether oxygens (including phenoxy) is 1. The Morgan fingerprint density at radius 2 is 1.78 bits per heavy atom. The number of hydrogen-bond acceptors (Lipinski definition) is 5. The van der Waals surface area contributed by atoms with Crippen LogP contribution in [0.2, 0.25) is 0 Å². The van der Waals surface area contributed by atoms with Crippen LogP contribution in [0, 0.1) is 6.92 Å². The number of carbonyl (C=O) groups excluding carboxylic acids is 2. The summed E-state index contributed by atoms with van der Waals surface area (Å²) in [5, 5.41) is 2.73. The fourth-order valence-corrected chi connectivity index (χ4v) is 5.23. The quantitative estimate of drug-likeness (QED) is 0.457. The van der Waals surface area contributed by atoms with E-state index in [9.17, 15) is 18.0 Å². The molecule has 1 aliphatic heterocycles. The topological polar surface area (TPSA) is 97.7 Å². The van der Waals surface area contributed by atoms with Crippen molar-refractivity contribution < 1.29 is 22.7 Å². The van der Waals surface area contributed by atoms with Crippen LogP contribution in [0.25, 0.3) is 0 Å². The third-order valence-corrected chi connectivity index (χ3v) is 7.42. The lowest BCUT2D eigenvalue weighted by molar-refractivity contribution is -0.121. The van der Waals surface area contributed by atoms with Crippen LogP contribution in [-0.4, -0.2) is 55.4 Å². The SMILES string of the molecule is Cc1ccc(CCC(=O)NCCOC(=O)c2cc(S(=O)(=O)N3CCCCC3)cn2C)cc1. The number of aromatic nitrogens is 1. The van der Waals surface area contributed by atoms with Gasteiger partial charge in [-0.3, -0.25) is 4.79 Å². The van der Waals surface area contributed by atoms with Gasteiger partial charge in [-0.05, 0) is 37.8 Å². The first-order chi connectivity index (χ1) is 15.3. The van der Waals surface area contributed by atoms with Crippen molar-refractivity contribution in [3.8, 4) is 0 Å². The minimum Gasteiger partial charge on any atom is -0.459 e. The maximum Gasteiger partial charge on any atom is 0.355 e. The van der Waals surface area contributed by atoms with Crippen molar-refractivity contribution in [2.24, 2.45) is 7.05 Å². The largest absolute Gasteiger partial charge is 0.459 e. The average Bonchev–Trinajstić information content (AvgIpc) is 3.19. The highest BCUT2D eigenvalue weighted by Crippen LogP contribution is 2.22. The monoisotopic (exact) mass is 461 g/mol. The molecule has 0 spiro atoms. The molecule has 1 aromatic carbocycles. The molecule has 3 rings (SSSR count). The number of benzene rings is 1. The van der Waals surface area contributed by atoms with Gasteiger partial charge in [0.05, 0.1) is 6.54 Å². The lowest BCUT2D eigenvalue weighted by atomic mass is 10.1. The Kier molecular flexibility index (Phi) is 8.09. The molecule has 1 N–H and O–H groups in total. The van der Waals surface area contributed by atoms with Crippen LogP contribution in [0.3, 0.4) is 0 Å². The maximum absolute atomic E-state index is 12.8. The van der Waals surface area contributed by atoms with Crippen LogP contribution < -0.4 is 5.32 Å². The van der Waals surface area contributed by atoms with E-state index >= 15 is 0 Å². The van der Waals surface area contributed by atoms with E-state index in [4.69, 9.17) is 4.74 Å². The second kappa shape index (κ2) is 10.8. The summed E-state index contributed by atoms with van der Waals surface area (Å²) >= 11 is 0. The van der Waals surface area contributed by atoms with E-state index in [-0.39, 0.29) is 29.6 Å². The first-order valence-electron chi connectivity index (χ1n) is 10.9. The Hall–Kier alpha value is -2.65. The van der Waals surface area contributed by atoms with E-state index in [0.717, 1.165) is 24.8 Å². The lowest BCUT2D eigenvalue weighted by Gasteiger charge is -2.25. The van der Waals surface area contributed by atoms with Crippen LogP contribution in [-0.2, 0) is 33.0 Å². The van der Waals surface area contributed by atoms with Crippen LogP contribution in [0.5, 0.6) is 0 Å². The van der Waals surface area contributed by atoms with Gasteiger partial charge < -0.3 is 14.6 Å². The van der Waals surface area contributed by atoms with Crippen LogP contribution in [0.4, 0.5) is 0 Å². The molecule has 1 aliphatic rings. The summed E-state index contributed by atoms with van der Waals surface area (Å²) < 4.78 is 33.8. The normalized spacial score (nSPS) is 14.8. The summed E-state index contributed by atoms with van der Waals surface area (Å²) in [5.74, 6) is -0.739. The van der Waals surface area contributed by atoms with Crippen LogP contribution >= 0.6 is 0 Å². The Labute approximate surface area is 189 Å². The average molecular weight is 462 g/mol. The van der Waals surface area contributed by atoms with Crippen molar-refractivity contribution in [2.75, 3.05) is 26.2 Å². The number of nitrogens with one attached hydrogen (secondary N) is 1. The Balaban J connectivity index is 1.45. The zero-order valence-electron chi connectivity index (χ0n) is 18.7. The predicted molar refractivity (Wildman–Crippen MR) is 121 cm³/mol. The first kappa shape index (κ1) is 24.0. The molecule has 0 saturated carbocycles. The number of piperidine rings is 1. The smallest absolute Gasteiger partial charge is 0.355 e. The van der Waals surface area contributed by atoms with E-state index in [0.29, 0.717) is 25.9 Å². The minimum atomic E-state index is -3.62. The number of nitrogens with zero attached hydrogens (tertiary/aromatic N) is 2. The molecule has 0 radical (unpaired) electrons. The summed E-state index contributed by atoms with van der Waals surface area (Å²) in [7, 11) is -2.01. The van der Waals surface area contributed by atoms with Crippen LogP contribution in [0.1, 0.15) is 47.3 Å². The summed E-state index contributed by atoms with van der Waals surface area (Å²) in [6.45, 7) is 3.22. The van der Waals surface area contributed by atoms with Crippen molar-refractivity contribution >= 4 is 21.9 Å². The second-order valence-corrected chi connectivity index (χ2v) is 10.0. The Morgan fingerprint density at radius 3 is 2.47 bits per heavy atom. The van der Waals surface area contributed by atoms with E-state index in [2.05, 4.69) is 5.32 Å². The molecule has 174 valence electrons. The molecule has 1 saturated heterocycles. The van der Waals surface area contributed by atoms with Crippen molar-refractivity contribution in [1.29, 1.82) is 0 Å². The summed E-state index contributed by atoms with van der Waals surface area (Å²) in [5.41, 5.74) is 2.43. The molecule has 32 heavy (non-hydrogen) atoms. The molecular weight excluding hydrogens is 430 g/mol. The second-order valence-electron chi connectivity index (χ2n) is 8.11. The lowest BCUT2D eigenvalue weighted by Crippen LogP contribution is -2.35. The molecule has 9 heteroatoms. The molecular formula is C23H31N3O5S. The fourth-order valence-electron chi connectivity index (χ4n) is 3.64. The number of carbonyl (C=O) groups is 2. The van der Waals surface area contributed by atoms with E-state index in [1.165, 1.54) is 26.7 Å². The molecule has 0 bridgehead atoms. The number of hydrogen-bond donors (Lipinski definition) is 1. The van der Waals surface area contributed by atoms with Gasteiger partial charge in [0.25, 0.3) is 0 Å². The summed E-state index contributed by atoms with van der Waals surface area (Å²) in [6.07, 6.45) is 5.15. The highest BCUT2D eigenvalue weighted by Gasteiger charge is 2.28. The van der Waals surface area contributed by atoms with Gasteiger partial charge in [-0.1, -0.05) is 36.2 Å². The summed E-state index contributed by atoms with van der Waals surface area (Å²) in [6, 6.07) is 9.39. The van der Waals surface area contributed by atoms with Gasteiger partial charge in [-0.2, -0.15) is 4.31 Å². The van der Waals surface area contributed by atoms with Crippen molar-refractivity contribution in [3.05, 3.63) is 53.3 Å². The van der Waals surface area contributed by atoms with Gasteiger partial charge in [-0.25, -0.2) is 13.2 Å². The third kappa shape index (κ3) is 6.20. The molecule has 0 unspecified atom stereocenters. The highest BCUT2D eigenvalue weighted by atomic mass is 32.2. The molecule has 1 amide bonds. The number of sulfonamides is 1. The number of amides is 1. The third-order valence-electron chi connectivity index (χ3n) is 5.56. The van der Waals surface area contributed by atoms with E-state index in [1.54, 1.807) is 7.05 Å². The van der Waals surface area contributed by atoms with Gasteiger partial charge in [0.2, 0.25) is 15.9 Å².